The Morgan fingerprint density at radius 2 is 1.79 bits per heavy atom. The summed E-state index contributed by atoms with van der Waals surface area (Å²) in [6.45, 7) is 4.32. The summed E-state index contributed by atoms with van der Waals surface area (Å²) >= 11 is 11.3. The van der Waals surface area contributed by atoms with Crippen LogP contribution in [0.5, 0.6) is 0 Å². The highest BCUT2D eigenvalue weighted by Gasteiger charge is 2.19. The Labute approximate surface area is 152 Å². The lowest BCUT2D eigenvalue weighted by atomic mass is 10.2. The highest BCUT2D eigenvalue weighted by atomic mass is 35.5. The first-order chi connectivity index (χ1) is 11.6. The van der Waals surface area contributed by atoms with Crippen molar-refractivity contribution >= 4 is 34.6 Å². The van der Waals surface area contributed by atoms with Crippen molar-refractivity contribution in [1.29, 1.82) is 0 Å². The number of piperazine rings is 1. The van der Waals surface area contributed by atoms with Gasteiger partial charge >= 0.3 is 0 Å². The summed E-state index contributed by atoms with van der Waals surface area (Å²) in [5.74, 6) is -0.373. The van der Waals surface area contributed by atoms with E-state index in [4.69, 9.17) is 23.8 Å². The van der Waals surface area contributed by atoms with Crippen LogP contribution < -0.4 is 5.32 Å². The van der Waals surface area contributed by atoms with E-state index in [0.717, 1.165) is 49.1 Å². The number of benzene rings is 2. The molecule has 0 unspecified atom stereocenters. The number of hydrogen-bond donors (Lipinski definition) is 1. The van der Waals surface area contributed by atoms with Crippen LogP contribution in [0.1, 0.15) is 5.56 Å². The predicted octanol–water partition coefficient (Wildman–Crippen LogP) is 3.99. The topological polar surface area (TPSA) is 18.5 Å². The molecule has 0 radical (unpaired) electrons. The second-order valence-electron chi connectivity index (χ2n) is 5.81. The van der Waals surface area contributed by atoms with Gasteiger partial charge in [-0.15, -0.1) is 0 Å². The molecule has 0 saturated carbocycles. The van der Waals surface area contributed by atoms with Crippen LogP contribution in [-0.4, -0.2) is 41.1 Å². The molecule has 1 aliphatic rings. The highest BCUT2D eigenvalue weighted by molar-refractivity contribution is 7.80. The normalized spacial score (nSPS) is 15.3. The zero-order valence-corrected chi connectivity index (χ0v) is 14.8. The zero-order valence-electron chi connectivity index (χ0n) is 13.2. The molecule has 0 aromatic heterocycles. The number of hydrogen-bond acceptors (Lipinski definition) is 2. The molecule has 0 aliphatic carbocycles. The maximum Gasteiger partial charge on any atom is 0.173 e. The van der Waals surface area contributed by atoms with Gasteiger partial charge in [-0.3, -0.25) is 4.90 Å². The van der Waals surface area contributed by atoms with E-state index in [2.05, 4.69) is 15.1 Å². The average Bonchev–Trinajstić information content (AvgIpc) is 2.60. The first kappa shape index (κ1) is 17.1. The van der Waals surface area contributed by atoms with Gasteiger partial charge in [-0.1, -0.05) is 35.9 Å². The summed E-state index contributed by atoms with van der Waals surface area (Å²) in [7, 11) is 0. The Bertz CT molecular complexity index is 703. The monoisotopic (exact) mass is 363 g/mol. The maximum atomic E-state index is 13.2. The number of halogens is 2. The fourth-order valence-corrected chi connectivity index (χ4v) is 3.23. The standard InChI is InChI=1S/C18H19ClFN3S/c19-16-12-14(6-7-17(16)20)13-22-8-10-23(11-9-22)18(24)21-15-4-2-1-3-5-15/h1-7,12H,8-11,13H2,(H,21,24). The van der Waals surface area contributed by atoms with Gasteiger partial charge in [0.2, 0.25) is 0 Å². The van der Waals surface area contributed by atoms with E-state index in [1.807, 2.05) is 30.3 Å². The largest absolute Gasteiger partial charge is 0.346 e. The lowest BCUT2D eigenvalue weighted by Gasteiger charge is -2.36. The second kappa shape index (κ2) is 7.92. The number of anilines is 1. The number of thiocarbonyl (C=S) groups is 1. The molecule has 0 bridgehead atoms. The van der Waals surface area contributed by atoms with Crippen molar-refractivity contribution in [3.8, 4) is 0 Å². The molecule has 1 saturated heterocycles. The number of rotatable bonds is 3. The lowest BCUT2D eigenvalue weighted by Crippen LogP contribution is -2.49. The highest BCUT2D eigenvalue weighted by Crippen LogP contribution is 2.18. The quantitative estimate of drug-likeness (QED) is 0.830. The van der Waals surface area contributed by atoms with Gasteiger partial charge in [0, 0.05) is 38.4 Å². The van der Waals surface area contributed by atoms with Crippen LogP contribution >= 0.6 is 23.8 Å². The van der Waals surface area contributed by atoms with Crippen LogP contribution in [-0.2, 0) is 6.54 Å². The molecule has 24 heavy (non-hydrogen) atoms. The van der Waals surface area contributed by atoms with Crippen molar-refractivity contribution in [2.45, 2.75) is 6.54 Å². The van der Waals surface area contributed by atoms with E-state index in [9.17, 15) is 4.39 Å². The first-order valence-corrected chi connectivity index (χ1v) is 8.68. The lowest BCUT2D eigenvalue weighted by molar-refractivity contribution is 0.177. The molecular weight excluding hydrogens is 345 g/mol. The third-order valence-electron chi connectivity index (χ3n) is 4.07. The summed E-state index contributed by atoms with van der Waals surface area (Å²) < 4.78 is 13.2. The molecule has 126 valence electrons. The van der Waals surface area contributed by atoms with Crippen LogP contribution in [0.3, 0.4) is 0 Å². The van der Waals surface area contributed by atoms with Crippen LogP contribution in [0.4, 0.5) is 10.1 Å². The minimum atomic E-state index is -0.373. The van der Waals surface area contributed by atoms with Gasteiger partial charge in [0.15, 0.2) is 5.11 Å². The van der Waals surface area contributed by atoms with Crippen molar-refractivity contribution in [2.24, 2.45) is 0 Å². The summed E-state index contributed by atoms with van der Waals surface area (Å²) in [6.07, 6.45) is 0. The molecule has 3 rings (SSSR count). The van der Waals surface area contributed by atoms with Gasteiger partial charge in [0.05, 0.1) is 5.02 Å². The van der Waals surface area contributed by atoms with Crippen molar-refractivity contribution in [3.05, 3.63) is 64.9 Å². The number of nitrogens with zero attached hydrogens (tertiary/aromatic N) is 2. The second-order valence-corrected chi connectivity index (χ2v) is 6.60. The van der Waals surface area contributed by atoms with Crippen molar-refractivity contribution in [1.82, 2.24) is 9.80 Å². The van der Waals surface area contributed by atoms with Crippen LogP contribution in [0.15, 0.2) is 48.5 Å². The smallest absolute Gasteiger partial charge is 0.173 e. The van der Waals surface area contributed by atoms with E-state index >= 15 is 0 Å². The Hall–Kier alpha value is -1.69. The Morgan fingerprint density at radius 3 is 2.46 bits per heavy atom. The fraction of sp³-hybridized carbons (Fsp3) is 0.278. The average molecular weight is 364 g/mol. The summed E-state index contributed by atoms with van der Waals surface area (Å²) in [4.78, 5) is 4.50. The van der Waals surface area contributed by atoms with Crippen LogP contribution in [0.2, 0.25) is 5.02 Å². The predicted molar refractivity (Wildman–Crippen MR) is 101 cm³/mol. The molecule has 2 aromatic rings. The van der Waals surface area contributed by atoms with Crippen LogP contribution in [0, 0.1) is 5.82 Å². The summed E-state index contributed by atoms with van der Waals surface area (Å²) in [5, 5.41) is 4.20. The zero-order chi connectivity index (χ0) is 16.9. The van der Waals surface area contributed by atoms with Gasteiger partial charge in [0.25, 0.3) is 0 Å². The van der Waals surface area contributed by atoms with Crippen molar-refractivity contribution in [2.75, 3.05) is 31.5 Å². The summed E-state index contributed by atoms with van der Waals surface area (Å²) in [5.41, 5.74) is 2.03. The molecule has 0 spiro atoms. The minimum absolute atomic E-state index is 0.180. The van der Waals surface area contributed by atoms with Crippen molar-refractivity contribution in [3.63, 3.8) is 0 Å². The van der Waals surface area contributed by atoms with Crippen molar-refractivity contribution < 1.29 is 4.39 Å². The van der Waals surface area contributed by atoms with Crippen LogP contribution in [0.25, 0.3) is 0 Å². The third-order valence-corrected chi connectivity index (χ3v) is 4.72. The maximum absolute atomic E-state index is 13.2. The SMILES string of the molecule is Fc1ccc(CN2CCN(C(=S)Nc3ccccc3)CC2)cc1Cl. The Balaban J connectivity index is 1.50. The minimum Gasteiger partial charge on any atom is -0.346 e. The molecule has 2 aromatic carbocycles. The van der Waals surface area contributed by atoms with Gasteiger partial charge in [-0.2, -0.15) is 0 Å². The third kappa shape index (κ3) is 4.44. The van der Waals surface area contributed by atoms with E-state index < -0.39 is 0 Å². The van der Waals surface area contributed by atoms with E-state index in [0.29, 0.717) is 0 Å². The molecule has 3 nitrogen and oxygen atoms in total. The molecule has 1 heterocycles. The van der Waals surface area contributed by atoms with E-state index in [-0.39, 0.29) is 10.8 Å². The first-order valence-electron chi connectivity index (χ1n) is 7.89. The number of nitrogens with one attached hydrogen (secondary N) is 1. The van der Waals surface area contributed by atoms with Gasteiger partial charge < -0.3 is 10.2 Å². The molecule has 1 fully saturated rings. The summed E-state index contributed by atoms with van der Waals surface area (Å²) in [6, 6.07) is 14.9. The molecule has 0 atom stereocenters. The van der Waals surface area contributed by atoms with Gasteiger partial charge in [-0.05, 0) is 42.0 Å². The Kier molecular flexibility index (Phi) is 5.66. The molecule has 1 aliphatic heterocycles. The van der Waals surface area contributed by atoms with E-state index in [1.54, 1.807) is 12.1 Å². The molecule has 1 N–H and O–H groups in total. The van der Waals surface area contributed by atoms with Gasteiger partial charge in [-0.25, -0.2) is 4.39 Å². The number of para-hydroxylation sites is 1. The molecular formula is C18H19ClFN3S. The Morgan fingerprint density at radius 1 is 1.08 bits per heavy atom. The van der Waals surface area contributed by atoms with Gasteiger partial charge in [0.1, 0.15) is 5.82 Å². The molecule has 0 amide bonds. The molecule has 6 heteroatoms. The van der Waals surface area contributed by atoms with E-state index in [1.165, 1.54) is 6.07 Å². The fourth-order valence-electron chi connectivity index (χ4n) is 2.73.